The molecule has 0 spiro atoms. The summed E-state index contributed by atoms with van der Waals surface area (Å²) in [5.74, 6) is 0. The Kier molecular flexibility index (Phi) is 5.53. The summed E-state index contributed by atoms with van der Waals surface area (Å²) in [5.41, 5.74) is 2.75. The minimum absolute atomic E-state index is 0.181. The lowest BCUT2D eigenvalue weighted by atomic mass is 9.64. The lowest BCUT2D eigenvalue weighted by molar-refractivity contribution is 0.0325. The third kappa shape index (κ3) is 3.08. The fourth-order valence-corrected chi connectivity index (χ4v) is 1.88. The highest BCUT2D eigenvalue weighted by Gasteiger charge is 2.29. The van der Waals surface area contributed by atoms with Crippen LogP contribution in [0.5, 0.6) is 0 Å². The van der Waals surface area contributed by atoms with E-state index in [0.29, 0.717) is 6.10 Å². The molecule has 0 bridgehead atoms. The predicted octanol–water partition coefficient (Wildman–Crippen LogP) is 1.58. The van der Waals surface area contributed by atoms with Gasteiger partial charge in [-0.05, 0) is 17.4 Å². The van der Waals surface area contributed by atoms with E-state index in [2.05, 4.69) is 42.7 Å². The molecule has 88 valence electrons. The average molecular weight is 222 g/mol. The molecule has 1 aliphatic rings. The second-order valence-corrected chi connectivity index (χ2v) is 3.72. The maximum absolute atomic E-state index is 7.65. The van der Waals surface area contributed by atoms with Gasteiger partial charge in [-0.25, -0.2) is 0 Å². The molecule has 0 aromatic heterocycles. The summed E-state index contributed by atoms with van der Waals surface area (Å²) in [5, 5.41) is 7.65. The van der Waals surface area contributed by atoms with E-state index in [1.807, 2.05) is 0 Å². The van der Waals surface area contributed by atoms with Crippen molar-refractivity contribution in [1.82, 2.24) is 0 Å². The number of methoxy groups -OCH3 is 1. The lowest BCUT2D eigenvalue weighted by Gasteiger charge is -2.08. The molecule has 2 rings (SSSR count). The zero-order valence-corrected chi connectivity index (χ0v) is 10.1. The Morgan fingerprint density at radius 1 is 1.44 bits per heavy atom. The van der Waals surface area contributed by atoms with Crippen LogP contribution in [0.3, 0.4) is 0 Å². The van der Waals surface area contributed by atoms with Crippen molar-refractivity contribution in [1.29, 1.82) is 0 Å². The van der Waals surface area contributed by atoms with Crippen molar-refractivity contribution in [3.05, 3.63) is 29.8 Å². The van der Waals surface area contributed by atoms with Gasteiger partial charge in [0.1, 0.15) is 6.79 Å². The van der Waals surface area contributed by atoms with Gasteiger partial charge in [0.25, 0.3) is 0 Å². The van der Waals surface area contributed by atoms with Gasteiger partial charge >= 0.3 is 6.92 Å². The van der Waals surface area contributed by atoms with E-state index in [4.69, 9.17) is 9.76 Å². The second kappa shape index (κ2) is 6.68. The van der Waals surface area contributed by atoms with Crippen LogP contribution in [0.25, 0.3) is 0 Å². The van der Waals surface area contributed by atoms with Crippen molar-refractivity contribution in [2.75, 3.05) is 13.9 Å². The molecule has 1 aromatic carbocycles. The van der Waals surface area contributed by atoms with Crippen LogP contribution < -0.4 is 5.46 Å². The molecule has 1 heterocycles. The van der Waals surface area contributed by atoms with Crippen LogP contribution in [0.15, 0.2) is 24.3 Å². The van der Waals surface area contributed by atoms with Gasteiger partial charge in [0.05, 0.1) is 6.10 Å². The van der Waals surface area contributed by atoms with Crippen molar-refractivity contribution < 1.29 is 14.5 Å². The topological polar surface area (TPSA) is 38.7 Å². The Labute approximate surface area is 97.5 Å². The summed E-state index contributed by atoms with van der Waals surface area (Å²) in [7, 11) is 1.43. The van der Waals surface area contributed by atoms with Gasteiger partial charge in [0.15, 0.2) is 0 Å². The second-order valence-electron chi connectivity index (χ2n) is 3.72. The molecular weight excluding hydrogens is 203 g/mol. The maximum atomic E-state index is 7.65. The van der Waals surface area contributed by atoms with E-state index in [1.54, 1.807) is 0 Å². The average Bonchev–Trinajstić information content (AvgIpc) is 2.67. The van der Waals surface area contributed by atoms with Gasteiger partial charge in [-0.3, -0.25) is 0 Å². The zero-order valence-electron chi connectivity index (χ0n) is 10.1. The smallest absolute Gasteiger partial charge is 0.324 e. The lowest BCUT2D eigenvalue weighted by Crippen LogP contribution is -2.23. The predicted molar refractivity (Wildman–Crippen MR) is 65.9 cm³/mol. The highest BCUT2D eigenvalue weighted by Crippen LogP contribution is 2.26. The molecule has 0 radical (unpaired) electrons. The molecule has 0 amide bonds. The van der Waals surface area contributed by atoms with E-state index in [-0.39, 0.29) is 13.7 Å². The molecular formula is C12H19BO3. The molecule has 1 aromatic rings. The summed E-state index contributed by atoms with van der Waals surface area (Å²) < 4.78 is 9.88. The number of benzene rings is 1. The van der Waals surface area contributed by atoms with E-state index >= 15 is 0 Å². The largest absolute Gasteiger partial charge is 0.424 e. The number of hydrogen-bond donors (Lipinski definition) is 1. The summed E-state index contributed by atoms with van der Waals surface area (Å²) in [6, 6.07) is 8.50. The number of hydrogen-bond acceptors (Lipinski definition) is 3. The Balaban J connectivity index is 0.000000280. The van der Waals surface area contributed by atoms with Crippen LogP contribution in [0.2, 0.25) is 6.82 Å². The first-order chi connectivity index (χ1) is 7.74. The van der Waals surface area contributed by atoms with Crippen LogP contribution in [0.4, 0.5) is 0 Å². The minimum Gasteiger partial charge on any atom is -0.424 e. The molecule has 1 atom stereocenters. The number of rotatable bonds is 2. The Bertz CT molecular complexity index is 315. The van der Waals surface area contributed by atoms with Gasteiger partial charge in [-0.2, -0.15) is 0 Å². The number of aliphatic hydroxyl groups excluding tert-OH is 1. The monoisotopic (exact) mass is 222 g/mol. The minimum atomic E-state index is -0.181. The summed E-state index contributed by atoms with van der Waals surface area (Å²) in [4.78, 5) is 0. The first-order valence-electron chi connectivity index (χ1n) is 5.58. The van der Waals surface area contributed by atoms with Crippen LogP contribution in [0.1, 0.15) is 25.0 Å². The number of ether oxygens (including phenoxy) is 1. The highest BCUT2D eigenvalue weighted by atomic mass is 16.6. The third-order valence-corrected chi connectivity index (χ3v) is 2.65. The van der Waals surface area contributed by atoms with Gasteiger partial charge in [0, 0.05) is 7.11 Å². The quantitative estimate of drug-likeness (QED) is 0.609. The number of fused-ring (bicyclic) bond motifs is 1. The maximum Gasteiger partial charge on any atom is 0.324 e. The van der Waals surface area contributed by atoms with Gasteiger partial charge < -0.3 is 14.5 Å². The molecule has 0 unspecified atom stereocenters. The molecule has 4 heteroatoms. The first-order valence-corrected chi connectivity index (χ1v) is 5.58. The van der Waals surface area contributed by atoms with Crippen LogP contribution in [0, 0.1) is 0 Å². The molecule has 16 heavy (non-hydrogen) atoms. The molecule has 0 saturated heterocycles. The SMILES string of the molecule is CC[C@@H]1OB(C)c2ccccc21.COCO. The van der Waals surface area contributed by atoms with Crippen LogP contribution in [-0.4, -0.2) is 25.9 Å². The summed E-state index contributed by atoms with van der Waals surface area (Å²) in [6.45, 7) is 4.39. The van der Waals surface area contributed by atoms with E-state index in [1.165, 1.54) is 18.1 Å². The molecule has 3 nitrogen and oxygen atoms in total. The summed E-state index contributed by atoms with van der Waals surface area (Å²) >= 11 is 0. The molecule has 0 fully saturated rings. The van der Waals surface area contributed by atoms with Crippen molar-refractivity contribution in [2.45, 2.75) is 26.3 Å². The van der Waals surface area contributed by atoms with E-state index in [0.717, 1.165) is 6.42 Å². The van der Waals surface area contributed by atoms with E-state index < -0.39 is 0 Å². The Morgan fingerprint density at radius 2 is 2.06 bits per heavy atom. The number of aliphatic hydroxyl groups is 1. The molecule has 1 aliphatic heterocycles. The van der Waals surface area contributed by atoms with Gasteiger partial charge in [-0.15, -0.1) is 0 Å². The standard InChI is InChI=1S/C10H13BO.C2H6O2/c1-3-10-8-6-4-5-7-9(8)11(2)12-10;1-4-2-3/h4-7,10H,3H2,1-2H3;3H,2H2,1H3/t10-;/m0./s1. The Morgan fingerprint density at radius 3 is 2.62 bits per heavy atom. The summed E-state index contributed by atoms with van der Waals surface area (Å²) in [6.07, 6.45) is 1.40. The zero-order chi connectivity index (χ0) is 12.0. The van der Waals surface area contributed by atoms with Crippen LogP contribution >= 0.6 is 0 Å². The first kappa shape index (κ1) is 13.2. The van der Waals surface area contributed by atoms with Crippen molar-refractivity contribution in [2.24, 2.45) is 0 Å². The van der Waals surface area contributed by atoms with Gasteiger partial charge in [0.2, 0.25) is 0 Å². The molecule has 0 saturated carbocycles. The fourth-order valence-electron chi connectivity index (χ4n) is 1.88. The highest BCUT2D eigenvalue weighted by molar-refractivity contribution is 6.67. The van der Waals surface area contributed by atoms with Crippen molar-refractivity contribution in [3.8, 4) is 0 Å². The van der Waals surface area contributed by atoms with E-state index in [9.17, 15) is 0 Å². The van der Waals surface area contributed by atoms with Crippen LogP contribution in [-0.2, 0) is 9.39 Å². The molecule has 1 N–H and O–H groups in total. The molecule has 0 aliphatic carbocycles. The van der Waals surface area contributed by atoms with Gasteiger partial charge in [-0.1, -0.05) is 38.0 Å². The normalized spacial score (nSPS) is 17.8. The van der Waals surface area contributed by atoms with Crippen molar-refractivity contribution >= 4 is 12.4 Å². The fraction of sp³-hybridized carbons (Fsp3) is 0.500. The Hall–Kier alpha value is -0.835. The van der Waals surface area contributed by atoms with Crippen molar-refractivity contribution in [3.63, 3.8) is 0 Å². The third-order valence-electron chi connectivity index (χ3n) is 2.65.